The van der Waals surface area contributed by atoms with Gasteiger partial charge in [0.25, 0.3) is 0 Å². The third kappa shape index (κ3) is 3.96. The van der Waals surface area contributed by atoms with Gasteiger partial charge in [-0.3, -0.25) is 9.69 Å². The quantitative estimate of drug-likeness (QED) is 0.534. The number of para-hydroxylation sites is 1. The maximum atomic E-state index is 13.2. The van der Waals surface area contributed by atoms with Gasteiger partial charge in [-0.05, 0) is 61.8 Å². The molecule has 34 heavy (non-hydrogen) atoms. The Labute approximate surface area is 199 Å². The van der Waals surface area contributed by atoms with Crippen molar-refractivity contribution in [3.8, 4) is 17.2 Å². The molecule has 7 nitrogen and oxygen atoms in total. The Kier molecular flexibility index (Phi) is 5.87. The summed E-state index contributed by atoms with van der Waals surface area (Å²) in [5.41, 5.74) is 2.52. The van der Waals surface area contributed by atoms with Crippen LogP contribution in [0.3, 0.4) is 0 Å². The third-order valence-corrected chi connectivity index (χ3v) is 6.83. The van der Waals surface area contributed by atoms with Gasteiger partial charge < -0.3 is 19.5 Å². The van der Waals surface area contributed by atoms with E-state index in [9.17, 15) is 4.79 Å². The van der Waals surface area contributed by atoms with Gasteiger partial charge in [-0.15, -0.1) is 0 Å². The number of methoxy groups -OCH3 is 1. The summed E-state index contributed by atoms with van der Waals surface area (Å²) in [6.07, 6.45) is 3.43. The molecule has 1 aromatic heterocycles. The largest absolute Gasteiger partial charge is 0.496 e. The summed E-state index contributed by atoms with van der Waals surface area (Å²) in [5.74, 6) is 2.75. The number of nitrogens with one attached hydrogen (secondary N) is 1. The molecule has 0 saturated heterocycles. The van der Waals surface area contributed by atoms with Crippen LogP contribution < -0.4 is 19.5 Å². The van der Waals surface area contributed by atoms with Crippen LogP contribution in [0.4, 0.5) is 5.82 Å². The molecule has 1 aliphatic heterocycles. The van der Waals surface area contributed by atoms with Crippen LogP contribution in [0.5, 0.6) is 17.2 Å². The van der Waals surface area contributed by atoms with Crippen LogP contribution in [0.1, 0.15) is 42.5 Å². The van der Waals surface area contributed by atoms with Crippen LogP contribution >= 0.6 is 0 Å². The standard InChI is InChI=1S/C27H29N3O4/c1-4-30(2)25(20-7-5-6-8-21(20)32-3)18-9-12-24(28-16-18)29-26(31)27(13-14-27)19-10-11-22-23(15-19)34-17-33-22/h5-12,15-16,25H,4,13-14,17H2,1-3H3,(H,28,29,31). The predicted molar refractivity (Wildman–Crippen MR) is 129 cm³/mol. The van der Waals surface area contributed by atoms with Crippen molar-refractivity contribution >= 4 is 11.7 Å². The average molecular weight is 460 g/mol. The molecule has 1 fully saturated rings. The van der Waals surface area contributed by atoms with Crippen molar-refractivity contribution in [3.63, 3.8) is 0 Å². The molecule has 1 aliphatic carbocycles. The van der Waals surface area contributed by atoms with Gasteiger partial charge in [-0.25, -0.2) is 4.98 Å². The topological polar surface area (TPSA) is 72.9 Å². The molecule has 0 spiro atoms. The SMILES string of the molecule is CCN(C)C(c1ccc(NC(=O)C2(c3ccc4c(c3)OCO4)CC2)nc1)c1ccccc1OC. The molecule has 5 rings (SSSR count). The summed E-state index contributed by atoms with van der Waals surface area (Å²) in [4.78, 5) is 20.1. The van der Waals surface area contributed by atoms with Crippen LogP contribution in [0.15, 0.2) is 60.8 Å². The first-order valence-electron chi connectivity index (χ1n) is 11.6. The molecule has 2 aliphatic rings. The molecule has 1 unspecified atom stereocenters. The third-order valence-electron chi connectivity index (χ3n) is 6.83. The average Bonchev–Trinajstić information content (AvgIpc) is 3.56. The number of rotatable bonds is 8. The lowest BCUT2D eigenvalue weighted by Crippen LogP contribution is -2.28. The molecule has 3 aromatic rings. The number of carbonyl (C=O) groups is 1. The Morgan fingerprint density at radius 1 is 1.15 bits per heavy atom. The van der Waals surface area contributed by atoms with E-state index in [0.29, 0.717) is 11.6 Å². The molecule has 2 heterocycles. The number of fused-ring (bicyclic) bond motifs is 1. The van der Waals surface area contributed by atoms with Crippen molar-refractivity contribution in [2.45, 2.75) is 31.2 Å². The highest BCUT2D eigenvalue weighted by atomic mass is 16.7. The minimum atomic E-state index is -0.538. The molecule has 1 amide bonds. The first-order valence-corrected chi connectivity index (χ1v) is 11.6. The molecular formula is C27H29N3O4. The van der Waals surface area contributed by atoms with Crippen LogP contribution in [0, 0.1) is 0 Å². The Hall–Kier alpha value is -3.58. The highest BCUT2D eigenvalue weighted by molar-refractivity contribution is 6.01. The van der Waals surface area contributed by atoms with Gasteiger partial charge in [0.15, 0.2) is 11.5 Å². The zero-order valence-corrected chi connectivity index (χ0v) is 19.7. The number of hydrogen-bond acceptors (Lipinski definition) is 6. The Bertz CT molecular complexity index is 1190. The first-order chi connectivity index (χ1) is 16.6. The fourth-order valence-corrected chi connectivity index (χ4v) is 4.59. The number of amides is 1. The van der Waals surface area contributed by atoms with Gasteiger partial charge in [-0.1, -0.05) is 37.3 Å². The summed E-state index contributed by atoms with van der Waals surface area (Å²) < 4.78 is 16.5. The zero-order valence-electron chi connectivity index (χ0n) is 19.7. The van der Waals surface area contributed by atoms with Gasteiger partial charge >= 0.3 is 0 Å². The number of aromatic nitrogens is 1. The van der Waals surface area contributed by atoms with Gasteiger partial charge in [0.05, 0.1) is 18.6 Å². The van der Waals surface area contributed by atoms with Crippen LogP contribution in [-0.4, -0.2) is 43.3 Å². The molecule has 1 saturated carbocycles. The minimum Gasteiger partial charge on any atom is -0.496 e. The van der Waals surface area contributed by atoms with E-state index in [1.54, 1.807) is 7.11 Å². The van der Waals surface area contributed by atoms with E-state index in [0.717, 1.165) is 47.6 Å². The van der Waals surface area contributed by atoms with Crippen molar-refractivity contribution in [2.24, 2.45) is 0 Å². The van der Waals surface area contributed by atoms with Crippen LogP contribution in [-0.2, 0) is 10.2 Å². The molecule has 0 radical (unpaired) electrons. The summed E-state index contributed by atoms with van der Waals surface area (Å²) >= 11 is 0. The maximum Gasteiger partial charge on any atom is 0.236 e. The second kappa shape index (κ2) is 8.99. The molecule has 1 atom stereocenters. The second-order valence-electron chi connectivity index (χ2n) is 8.80. The smallest absolute Gasteiger partial charge is 0.236 e. The Morgan fingerprint density at radius 2 is 1.94 bits per heavy atom. The number of hydrogen-bond donors (Lipinski definition) is 1. The minimum absolute atomic E-state index is 0.0122. The van der Waals surface area contributed by atoms with E-state index in [2.05, 4.69) is 35.2 Å². The summed E-state index contributed by atoms with van der Waals surface area (Å²) in [7, 11) is 3.77. The van der Waals surface area contributed by atoms with E-state index in [1.807, 2.05) is 54.7 Å². The summed E-state index contributed by atoms with van der Waals surface area (Å²) in [5, 5.41) is 3.02. The van der Waals surface area contributed by atoms with Gasteiger partial charge in [0.2, 0.25) is 12.7 Å². The van der Waals surface area contributed by atoms with E-state index in [1.165, 1.54) is 0 Å². The first kappa shape index (κ1) is 22.2. The van der Waals surface area contributed by atoms with Crippen LogP contribution in [0.25, 0.3) is 0 Å². The van der Waals surface area contributed by atoms with E-state index in [4.69, 9.17) is 14.2 Å². The van der Waals surface area contributed by atoms with Crippen molar-refractivity contribution in [2.75, 3.05) is 32.8 Å². The number of anilines is 1. The van der Waals surface area contributed by atoms with Crippen molar-refractivity contribution < 1.29 is 19.0 Å². The number of ether oxygens (including phenoxy) is 3. The predicted octanol–water partition coefficient (Wildman–Crippen LogP) is 4.53. The van der Waals surface area contributed by atoms with Gasteiger partial charge in [-0.2, -0.15) is 0 Å². The number of pyridine rings is 1. The van der Waals surface area contributed by atoms with E-state index in [-0.39, 0.29) is 18.7 Å². The van der Waals surface area contributed by atoms with Crippen molar-refractivity contribution in [1.82, 2.24) is 9.88 Å². The normalized spacial score (nSPS) is 16.2. The number of nitrogens with zero attached hydrogens (tertiary/aromatic N) is 2. The number of carbonyl (C=O) groups excluding carboxylic acids is 1. The molecule has 176 valence electrons. The molecule has 7 heteroatoms. The highest BCUT2D eigenvalue weighted by Crippen LogP contribution is 2.51. The van der Waals surface area contributed by atoms with Crippen LogP contribution in [0.2, 0.25) is 0 Å². The summed E-state index contributed by atoms with van der Waals surface area (Å²) in [6, 6.07) is 17.7. The Morgan fingerprint density at radius 3 is 2.65 bits per heavy atom. The molecule has 2 aromatic carbocycles. The molecular weight excluding hydrogens is 430 g/mol. The highest BCUT2D eigenvalue weighted by Gasteiger charge is 2.51. The lowest BCUT2D eigenvalue weighted by Gasteiger charge is -2.29. The monoisotopic (exact) mass is 459 g/mol. The molecule has 0 bridgehead atoms. The maximum absolute atomic E-state index is 13.2. The lowest BCUT2D eigenvalue weighted by atomic mass is 9.94. The van der Waals surface area contributed by atoms with Crippen molar-refractivity contribution in [3.05, 3.63) is 77.5 Å². The zero-order chi connectivity index (χ0) is 23.7. The van der Waals surface area contributed by atoms with E-state index >= 15 is 0 Å². The lowest BCUT2D eigenvalue weighted by molar-refractivity contribution is -0.118. The fraction of sp³-hybridized carbons (Fsp3) is 0.333. The fourth-order valence-electron chi connectivity index (χ4n) is 4.59. The second-order valence-corrected chi connectivity index (χ2v) is 8.80. The van der Waals surface area contributed by atoms with E-state index < -0.39 is 5.41 Å². The van der Waals surface area contributed by atoms with Gasteiger partial charge in [0.1, 0.15) is 11.6 Å². The molecule has 1 N–H and O–H groups in total. The van der Waals surface area contributed by atoms with Gasteiger partial charge in [0, 0.05) is 11.8 Å². The van der Waals surface area contributed by atoms with Crippen molar-refractivity contribution in [1.29, 1.82) is 0 Å². The summed E-state index contributed by atoms with van der Waals surface area (Å²) in [6.45, 7) is 3.20. The Balaban J connectivity index is 1.36. The number of benzene rings is 2.